The number of ether oxygens (including phenoxy) is 1. The van der Waals surface area contributed by atoms with Gasteiger partial charge in [-0.15, -0.1) is 0 Å². The van der Waals surface area contributed by atoms with Gasteiger partial charge in [0.25, 0.3) is 0 Å². The molecule has 1 aliphatic rings. The zero-order valence-corrected chi connectivity index (χ0v) is 10.1. The van der Waals surface area contributed by atoms with Gasteiger partial charge in [-0.2, -0.15) is 13.2 Å². The highest BCUT2D eigenvalue weighted by molar-refractivity contribution is 5.16. The summed E-state index contributed by atoms with van der Waals surface area (Å²) in [5.74, 6) is 0.458. The second-order valence-corrected chi connectivity index (χ2v) is 4.52. The van der Waals surface area contributed by atoms with E-state index in [-0.39, 0.29) is 6.61 Å². The molecule has 1 atom stereocenters. The van der Waals surface area contributed by atoms with E-state index in [1.807, 2.05) is 0 Å². The first kappa shape index (κ1) is 13.4. The number of rotatable bonds is 6. The van der Waals surface area contributed by atoms with Gasteiger partial charge in [0.05, 0.1) is 6.26 Å². The molecule has 2 rings (SSSR count). The van der Waals surface area contributed by atoms with Crippen LogP contribution in [0, 0.1) is 0 Å². The highest BCUT2D eigenvalue weighted by Gasteiger charge is 2.37. The van der Waals surface area contributed by atoms with Crippen LogP contribution in [0.4, 0.5) is 13.2 Å². The average molecular weight is 263 g/mol. The quantitative estimate of drug-likeness (QED) is 0.856. The Labute approximate surface area is 103 Å². The minimum absolute atomic E-state index is 0.157. The number of hydrogen-bond donors (Lipinski definition) is 1. The summed E-state index contributed by atoms with van der Waals surface area (Å²) < 4.78 is 46.7. The lowest BCUT2D eigenvalue weighted by molar-refractivity contribution is -0.218. The van der Waals surface area contributed by atoms with Gasteiger partial charge < -0.3 is 14.5 Å². The Hall–Kier alpha value is -1.01. The number of halogens is 3. The average Bonchev–Trinajstić information content (AvgIpc) is 3.01. The van der Waals surface area contributed by atoms with Gasteiger partial charge in [0.2, 0.25) is 0 Å². The molecule has 1 N–H and O–H groups in total. The monoisotopic (exact) mass is 263 g/mol. The van der Waals surface area contributed by atoms with Gasteiger partial charge in [-0.05, 0) is 25.8 Å². The summed E-state index contributed by atoms with van der Waals surface area (Å²) in [7, 11) is 0. The van der Waals surface area contributed by atoms with Crippen molar-refractivity contribution in [2.75, 3.05) is 0 Å². The summed E-state index contributed by atoms with van der Waals surface area (Å²) in [5.41, 5.74) is 0.858. The maximum absolute atomic E-state index is 12.3. The van der Waals surface area contributed by atoms with Crippen molar-refractivity contribution in [2.24, 2.45) is 0 Å². The molecule has 0 radical (unpaired) electrons. The van der Waals surface area contributed by atoms with E-state index < -0.39 is 12.3 Å². The molecular weight excluding hydrogens is 247 g/mol. The summed E-state index contributed by atoms with van der Waals surface area (Å²) >= 11 is 0. The third-order valence-electron chi connectivity index (χ3n) is 2.92. The normalized spacial score (nSPS) is 18.0. The molecule has 3 nitrogen and oxygen atoms in total. The molecule has 0 amide bonds. The SMILES string of the molecule is CC(OCc1occc1CNC1CC1)C(F)(F)F. The second kappa shape index (κ2) is 5.32. The first-order valence-corrected chi connectivity index (χ1v) is 5.94. The van der Waals surface area contributed by atoms with Crippen LogP contribution in [0.3, 0.4) is 0 Å². The summed E-state index contributed by atoms with van der Waals surface area (Å²) in [5, 5.41) is 3.28. The molecule has 1 aliphatic carbocycles. The van der Waals surface area contributed by atoms with E-state index in [4.69, 9.17) is 9.15 Å². The Balaban J connectivity index is 1.82. The van der Waals surface area contributed by atoms with Crippen molar-refractivity contribution in [1.29, 1.82) is 0 Å². The minimum Gasteiger partial charge on any atom is -0.467 e. The second-order valence-electron chi connectivity index (χ2n) is 4.52. The van der Waals surface area contributed by atoms with Crippen LogP contribution in [0.2, 0.25) is 0 Å². The zero-order chi connectivity index (χ0) is 13.2. The third kappa shape index (κ3) is 3.74. The summed E-state index contributed by atoms with van der Waals surface area (Å²) in [6.45, 7) is 1.45. The van der Waals surface area contributed by atoms with Gasteiger partial charge in [-0.1, -0.05) is 0 Å². The largest absolute Gasteiger partial charge is 0.467 e. The lowest BCUT2D eigenvalue weighted by Gasteiger charge is -2.15. The van der Waals surface area contributed by atoms with Crippen LogP contribution < -0.4 is 5.32 Å². The van der Waals surface area contributed by atoms with Gasteiger partial charge in [0.15, 0.2) is 6.10 Å². The van der Waals surface area contributed by atoms with Crippen LogP contribution in [0.5, 0.6) is 0 Å². The molecule has 0 saturated heterocycles. The molecular formula is C12H16F3NO2. The van der Waals surface area contributed by atoms with Gasteiger partial charge in [-0.25, -0.2) is 0 Å². The molecule has 6 heteroatoms. The third-order valence-corrected chi connectivity index (χ3v) is 2.92. The first-order valence-electron chi connectivity index (χ1n) is 5.94. The van der Waals surface area contributed by atoms with Crippen molar-refractivity contribution >= 4 is 0 Å². The van der Waals surface area contributed by atoms with E-state index in [0.717, 1.165) is 25.3 Å². The molecule has 1 unspecified atom stereocenters. The zero-order valence-electron chi connectivity index (χ0n) is 10.1. The lowest BCUT2D eigenvalue weighted by Crippen LogP contribution is -2.28. The molecule has 1 fully saturated rings. The first-order chi connectivity index (χ1) is 8.47. The predicted octanol–water partition coefficient (Wildman–Crippen LogP) is 3.00. The van der Waals surface area contributed by atoms with Crippen molar-refractivity contribution in [2.45, 2.75) is 51.2 Å². The fourth-order valence-electron chi connectivity index (χ4n) is 1.49. The van der Waals surface area contributed by atoms with Crippen LogP contribution in [0.1, 0.15) is 31.1 Å². The molecule has 1 aromatic heterocycles. The molecule has 18 heavy (non-hydrogen) atoms. The van der Waals surface area contributed by atoms with Crippen molar-refractivity contribution in [3.8, 4) is 0 Å². The molecule has 0 aromatic carbocycles. The fourth-order valence-corrected chi connectivity index (χ4v) is 1.49. The standard InChI is InChI=1S/C12H16F3NO2/c1-8(12(13,14)15)18-7-11-9(4-5-17-11)6-16-10-2-3-10/h4-5,8,10,16H,2-3,6-7H2,1H3. The van der Waals surface area contributed by atoms with Crippen LogP contribution >= 0.6 is 0 Å². The molecule has 1 heterocycles. The Morgan fingerprint density at radius 2 is 2.22 bits per heavy atom. The van der Waals surface area contributed by atoms with E-state index in [9.17, 15) is 13.2 Å². The predicted molar refractivity (Wildman–Crippen MR) is 58.9 cm³/mol. The van der Waals surface area contributed by atoms with Gasteiger partial charge >= 0.3 is 6.18 Å². The Morgan fingerprint density at radius 1 is 1.50 bits per heavy atom. The Bertz CT molecular complexity index is 385. The Kier molecular flexibility index (Phi) is 3.97. The van der Waals surface area contributed by atoms with E-state index >= 15 is 0 Å². The van der Waals surface area contributed by atoms with Gasteiger partial charge in [-0.3, -0.25) is 0 Å². The van der Waals surface area contributed by atoms with E-state index in [2.05, 4.69) is 5.32 Å². The minimum atomic E-state index is -4.33. The smallest absolute Gasteiger partial charge is 0.414 e. The number of furan rings is 1. The van der Waals surface area contributed by atoms with Crippen LogP contribution in [-0.2, 0) is 17.9 Å². The molecule has 1 saturated carbocycles. The van der Waals surface area contributed by atoms with E-state index in [1.54, 1.807) is 6.07 Å². The van der Waals surface area contributed by atoms with E-state index in [1.165, 1.54) is 6.26 Å². The summed E-state index contributed by atoms with van der Waals surface area (Å²) in [4.78, 5) is 0. The highest BCUT2D eigenvalue weighted by atomic mass is 19.4. The number of alkyl halides is 3. The summed E-state index contributed by atoms with van der Waals surface area (Å²) in [6.07, 6.45) is -2.32. The fraction of sp³-hybridized carbons (Fsp3) is 0.667. The van der Waals surface area contributed by atoms with Crippen molar-refractivity contribution in [3.63, 3.8) is 0 Å². The molecule has 0 aliphatic heterocycles. The van der Waals surface area contributed by atoms with E-state index in [0.29, 0.717) is 18.3 Å². The highest BCUT2D eigenvalue weighted by Crippen LogP contribution is 2.24. The Morgan fingerprint density at radius 3 is 2.83 bits per heavy atom. The molecule has 1 aromatic rings. The van der Waals surface area contributed by atoms with Crippen molar-refractivity contribution in [1.82, 2.24) is 5.32 Å². The maximum Gasteiger partial charge on any atom is 0.414 e. The molecule has 0 spiro atoms. The maximum atomic E-state index is 12.3. The van der Waals surface area contributed by atoms with Crippen molar-refractivity contribution in [3.05, 3.63) is 23.7 Å². The van der Waals surface area contributed by atoms with Crippen LogP contribution in [0.15, 0.2) is 16.7 Å². The lowest BCUT2D eigenvalue weighted by atomic mass is 10.2. The molecule has 102 valence electrons. The van der Waals surface area contributed by atoms with Crippen molar-refractivity contribution < 1.29 is 22.3 Å². The van der Waals surface area contributed by atoms with Crippen LogP contribution in [-0.4, -0.2) is 18.3 Å². The summed E-state index contributed by atoms with van der Waals surface area (Å²) in [6, 6.07) is 2.30. The molecule has 0 bridgehead atoms. The van der Waals surface area contributed by atoms with Crippen LogP contribution in [0.25, 0.3) is 0 Å². The van der Waals surface area contributed by atoms with Gasteiger partial charge in [0.1, 0.15) is 12.4 Å². The van der Waals surface area contributed by atoms with Gasteiger partial charge in [0, 0.05) is 18.2 Å². The topological polar surface area (TPSA) is 34.4 Å². The number of nitrogens with one attached hydrogen (secondary N) is 1. The number of hydrogen-bond acceptors (Lipinski definition) is 3.